The van der Waals surface area contributed by atoms with Gasteiger partial charge < -0.3 is 14.3 Å². The van der Waals surface area contributed by atoms with Gasteiger partial charge in [0.15, 0.2) is 0 Å². The minimum absolute atomic E-state index is 0.0665. The van der Waals surface area contributed by atoms with Gasteiger partial charge in [0.2, 0.25) is 0 Å². The normalized spacial score (nSPS) is 23.2. The number of hydrogen-bond donors (Lipinski definition) is 0. The topological polar surface area (TPSA) is 55.8 Å². The average molecular weight is 299 g/mol. The highest BCUT2D eigenvalue weighted by molar-refractivity contribution is 5.70. The van der Waals surface area contributed by atoms with E-state index in [0.29, 0.717) is 13.0 Å². The Hall–Kier alpha value is -1.10. The second-order valence-electron chi connectivity index (χ2n) is 7.49. The van der Waals surface area contributed by atoms with Crippen LogP contribution < -0.4 is 0 Å². The Bertz CT molecular complexity index is 384. The molecule has 1 rings (SSSR count). The van der Waals surface area contributed by atoms with Crippen molar-refractivity contribution in [1.29, 1.82) is 0 Å². The van der Waals surface area contributed by atoms with Gasteiger partial charge in [-0.15, -0.1) is 0 Å². The van der Waals surface area contributed by atoms with Crippen molar-refractivity contribution in [2.75, 3.05) is 6.61 Å². The predicted octanol–water partition coefficient (Wildman–Crippen LogP) is 3.22. The van der Waals surface area contributed by atoms with Gasteiger partial charge in [0.1, 0.15) is 17.6 Å². The largest absolute Gasteiger partial charge is 0.444 e. The molecule has 0 unspecified atom stereocenters. The zero-order valence-electron chi connectivity index (χ0n) is 14.3. The molecule has 1 fully saturated rings. The summed E-state index contributed by atoms with van der Waals surface area (Å²) in [5.41, 5.74) is -1.28. The Kier molecular flexibility index (Phi) is 5.42. The third-order valence-corrected chi connectivity index (χ3v) is 3.83. The van der Waals surface area contributed by atoms with Crippen molar-refractivity contribution in [3.8, 4) is 0 Å². The van der Waals surface area contributed by atoms with E-state index in [0.717, 1.165) is 6.29 Å². The molecule has 0 saturated carbocycles. The fourth-order valence-corrected chi connectivity index (χ4v) is 2.80. The van der Waals surface area contributed by atoms with Crippen LogP contribution in [0.1, 0.15) is 54.9 Å². The molecule has 1 aliphatic heterocycles. The molecule has 0 aromatic rings. The van der Waals surface area contributed by atoms with E-state index < -0.39 is 11.3 Å². The zero-order chi connectivity index (χ0) is 16.4. The standard InChI is InChI=1S/C16H29NO4/c1-11(2)12(8-9-18)13-10-20-16(6,7)17(13)14(19)21-15(3,4)5/h9,11-13H,8,10H2,1-7H3/t12-,13-/m0/s1. The highest BCUT2D eigenvalue weighted by Gasteiger charge is 2.48. The first-order valence-electron chi connectivity index (χ1n) is 7.59. The number of carbonyl (C=O) groups is 2. The SMILES string of the molecule is CC(C)[C@H](CC=O)[C@@H]1COC(C)(C)N1C(=O)OC(C)(C)C. The summed E-state index contributed by atoms with van der Waals surface area (Å²) in [6, 6.07) is -0.139. The summed E-state index contributed by atoms with van der Waals surface area (Å²) in [4.78, 5) is 25.2. The molecule has 0 bridgehead atoms. The Morgan fingerprint density at radius 3 is 2.43 bits per heavy atom. The van der Waals surface area contributed by atoms with Crippen LogP contribution in [0.2, 0.25) is 0 Å². The molecular weight excluding hydrogens is 270 g/mol. The molecule has 21 heavy (non-hydrogen) atoms. The van der Waals surface area contributed by atoms with Gasteiger partial charge in [-0.2, -0.15) is 0 Å². The van der Waals surface area contributed by atoms with Crippen molar-refractivity contribution in [3.05, 3.63) is 0 Å². The van der Waals surface area contributed by atoms with Gasteiger partial charge in [-0.05, 0) is 46.5 Å². The van der Waals surface area contributed by atoms with Gasteiger partial charge in [0.25, 0.3) is 0 Å². The molecule has 1 amide bonds. The van der Waals surface area contributed by atoms with Crippen LogP contribution in [-0.2, 0) is 14.3 Å². The number of hydrogen-bond acceptors (Lipinski definition) is 4. The maximum Gasteiger partial charge on any atom is 0.412 e. The van der Waals surface area contributed by atoms with Crippen molar-refractivity contribution >= 4 is 12.4 Å². The molecule has 0 radical (unpaired) electrons. The Labute approximate surface area is 128 Å². The molecule has 2 atom stereocenters. The molecule has 1 aliphatic rings. The van der Waals surface area contributed by atoms with Gasteiger partial charge in [-0.1, -0.05) is 13.8 Å². The van der Waals surface area contributed by atoms with Crippen LogP contribution in [0, 0.1) is 11.8 Å². The van der Waals surface area contributed by atoms with E-state index in [9.17, 15) is 9.59 Å². The summed E-state index contributed by atoms with van der Waals surface area (Å²) >= 11 is 0. The summed E-state index contributed by atoms with van der Waals surface area (Å²) < 4.78 is 11.3. The number of rotatable bonds is 4. The summed E-state index contributed by atoms with van der Waals surface area (Å²) in [7, 11) is 0. The van der Waals surface area contributed by atoms with Crippen LogP contribution in [-0.4, -0.2) is 41.3 Å². The molecule has 122 valence electrons. The van der Waals surface area contributed by atoms with E-state index in [2.05, 4.69) is 13.8 Å². The summed E-state index contributed by atoms with van der Waals surface area (Å²) in [6.45, 7) is 13.8. The van der Waals surface area contributed by atoms with Crippen LogP contribution in [0.15, 0.2) is 0 Å². The first-order valence-corrected chi connectivity index (χ1v) is 7.59. The number of aldehydes is 1. The van der Waals surface area contributed by atoms with E-state index in [4.69, 9.17) is 9.47 Å². The average Bonchev–Trinajstić information content (AvgIpc) is 2.58. The zero-order valence-corrected chi connectivity index (χ0v) is 14.3. The molecule has 0 N–H and O–H groups in total. The molecule has 5 nitrogen and oxygen atoms in total. The summed E-state index contributed by atoms with van der Waals surface area (Å²) in [5.74, 6) is 0.347. The fraction of sp³-hybridized carbons (Fsp3) is 0.875. The van der Waals surface area contributed by atoms with Crippen LogP contribution in [0.25, 0.3) is 0 Å². The number of nitrogens with zero attached hydrogens (tertiary/aromatic N) is 1. The van der Waals surface area contributed by atoms with Crippen molar-refractivity contribution in [2.45, 2.75) is 72.3 Å². The van der Waals surface area contributed by atoms with Crippen molar-refractivity contribution in [3.63, 3.8) is 0 Å². The van der Waals surface area contributed by atoms with Gasteiger partial charge in [-0.3, -0.25) is 4.90 Å². The second-order valence-corrected chi connectivity index (χ2v) is 7.49. The third kappa shape index (κ3) is 4.43. The Morgan fingerprint density at radius 1 is 1.43 bits per heavy atom. The van der Waals surface area contributed by atoms with E-state index in [1.165, 1.54) is 0 Å². The van der Waals surface area contributed by atoms with Crippen LogP contribution >= 0.6 is 0 Å². The highest BCUT2D eigenvalue weighted by atomic mass is 16.6. The monoisotopic (exact) mass is 299 g/mol. The van der Waals surface area contributed by atoms with Gasteiger partial charge >= 0.3 is 6.09 Å². The van der Waals surface area contributed by atoms with Crippen LogP contribution in [0.5, 0.6) is 0 Å². The minimum atomic E-state index is -0.719. The second kappa shape index (κ2) is 6.34. The molecule has 0 aliphatic carbocycles. The molecule has 0 spiro atoms. The molecular formula is C16H29NO4. The molecule has 1 heterocycles. The van der Waals surface area contributed by atoms with E-state index in [-0.39, 0.29) is 24.0 Å². The van der Waals surface area contributed by atoms with Crippen molar-refractivity contribution in [2.24, 2.45) is 11.8 Å². The van der Waals surface area contributed by atoms with Crippen LogP contribution in [0.3, 0.4) is 0 Å². The van der Waals surface area contributed by atoms with E-state index in [1.807, 2.05) is 34.6 Å². The molecule has 1 saturated heterocycles. The summed E-state index contributed by atoms with van der Waals surface area (Å²) in [5, 5.41) is 0. The lowest BCUT2D eigenvalue weighted by Gasteiger charge is -2.38. The lowest BCUT2D eigenvalue weighted by molar-refractivity contribution is -0.109. The van der Waals surface area contributed by atoms with Crippen LogP contribution in [0.4, 0.5) is 4.79 Å². The quantitative estimate of drug-likeness (QED) is 0.748. The smallest absolute Gasteiger partial charge is 0.412 e. The lowest BCUT2D eigenvalue weighted by Crippen LogP contribution is -2.52. The Balaban J connectivity index is 3.02. The summed E-state index contributed by atoms with van der Waals surface area (Å²) in [6.07, 6.45) is 0.955. The maximum absolute atomic E-state index is 12.6. The van der Waals surface area contributed by atoms with Crippen molar-refractivity contribution in [1.82, 2.24) is 4.90 Å². The van der Waals surface area contributed by atoms with Gasteiger partial charge in [-0.25, -0.2) is 4.79 Å². The van der Waals surface area contributed by atoms with Gasteiger partial charge in [0.05, 0.1) is 12.6 Å². The Morgan fingerprint density at radius 2 is 2.00 bits per heavy atom. The first-order chi connectivity index (χ1) is 9.49. The lowest BCUT2D eigenvalue weighted by atomic mass is 9.85. The first kappa shape index (κ1) is 18.0. The third-order valence-electron chi connectivity index (χ3n) is 3.83. The van der Waals surface area contributed by atoms with E-state index in [1.54, 1.807) is 4.90 Å². The van der Waals surface area contributed by atoms with E-state index >= 15 is 0 Å². The molecule has 0 aromatic heterocycles. The maximum atomic E-state index is 12.6. The fourth-order valence-electron chi connectivity index (χ4n) is 2.80. The molecule has 0 aromatic carbocycles. The van der Waals surface area contributed by atoms with Gasteiger partial charge in [0, 0.05) is 6.42 Å². The minimum Gasteiger partial charge on any atom is -0.444 e. The number of amides is 1. The predicted molar refractivity (Wildman–Crippen MR) is 80.9 cm³/mol. The number of carbonyl (C=O) groups excluding carboxylic acids is 2. The van der Waals surface area contributed by atoms with Crippen molar-refractivity contribution < 1.29 is 19.1 Å². The highest BCUT2D eigenvalue weighted by Crippen LogP contribution is 2.36. The molecule has 5 heteroatoms. The number of ether oxygens (including phenoxy) is 2.